The van der Waals surface area contributed by atoms with Gasteiger partial charge in [0.05, 0.1) is 18.0 Å². The molecule has 1 aliphatic heterocycles. The monoisotopic (exact) mass is 357 g/mol. The zero-order valence-corrected chi connectivity index (χ0v) is 14.7. The first-order valence-electron chi connectivity index (χ1n) is 8.57. The minimum absolute atomic E-state index is 0.101. The summed E-state index contributed by atoms with van der Waals surface area (Å²) in [5.41, 5.74) is 2.12. The highest BCUT2D eigenvalue weighted by molar-refractivity contribution is 6.04. The predicted octanol–water partition coefficient (Wildman–Crippen LogP) is 0.448. The zero-order valence-electron chi connectivity index (χ0n) is 14.7. The van der Waals surface area contributed by atoms with Crippen LogP contribution in [0.5, 0.6) is 0 Å². The van der Waals surface area contributed by atoms with Gasteiger partial charge in [0.2, 0.25) is 5.91 Å². The normalized spacial score (nSPS) is 17.2. The van der Waals surface area contributed by atoms with Crippen molar-refractivity contribution in [3.05, 3.63) is 47.8 Å². The van der Waals surface area contributed by atoms with Gasteiger partial charge in [-0.1, -0.05) is 12.1 Å². The summed E-state index contributed by atoms with van der Waals surface area (Å²) in [5.74, 6) is -0.390. The number of nitrogens with zero attached hydrogens (tertiary/aromatic N) is 3. The van der Waals surface area contributed by atoms with Crippen molar-refractivity contribution in [3.63, 3.8) is 0 Å². The van der Waals surface area contributed by atoms with Crippen molar-refractivity contribution in [3.8, 4) is 0 Å². The van der Waals surface area contributed by atoms with Gasteiger partial charge in [0, 0.05) is 38.4 Å². The Labute approximate surface area is 151 Å². The molecular formula is C18H23N5O3. The summed E-state index contributed by atoms with van der Waals surface area (Å²) < 4.78 is 1.46. The highest BCUT2D eigenvalue weighted by Crippen LogP contribution is 2.15. The fourth-order valence-electron chi connectivity index (χ4n) is 2.97. The van der Waals surface area contributed by atoms with E-state index in [2.05, 4.69) is 20.6 Å². The lowest BCUT2D eigenvalue weighted by Crippen LogP contribution is -2.23. The Bertz CT molecular complexity index is 789. The SMILES string of the molecule is CNC(=O)Cn1cc(NC(=O)c2cccc(CN3CC[C@H](O)C3)c2)cn1. The van der Waals surface area contributed by atoms with Crippen LogP contribution in [0.3, 0.4) is 0 Å². The molecule has 1 aromatic heterocycles. The number of anilines is 1. The summed E-state index contributed by atoms with van der Waals surface area (Å²) in [4.78, 5) is 26.0. The number of aliphatic hydroxyl groups is 1. The first-order valence-corrected chi connectivity index (χ1v) is 8.57. The highest BCUT2D eigenvalue weighted by atomic mass is 16.3. The molecule has 0 unspecified atom stereocenters. The molecule has 2 heterocycles. The van der Waals surface area contributed by atoms with Crippen molar-refractivity contribution in [1.29, 1.82) is 0 Å². The number of carbonyl (C=O) groups is 2. The van der Waals surface area contributed by atoms with E-state index in [0.29, 0.717) is 24.3 Å². The Morgan fingerprint density at radius 2 is 2.23 bits per heavy atom. The molecule has 0 aliphatic carbocycles. The minimum Gasteiger partial charge on any atom is -0.392 e. The summed E-state index contributed by atoms with van der Waals surface area (Å²) in [6, 6.07) is 7.44. The number of hydrogen-bond acceptors (Lipinski definition) is 5. The lowest BCUT2D eigenvalue weighted by atomic mass is 10.1. The Kier molecular flexibility index (Phi) is 5.65. The van der Waals surface area contributed by atoms with Gasteiger partial charge < -0.3 is 15.7 Å². The first kappa shape index (κ1) is 18.1. The molecule has 0 bridgehead atoms. The van der Waals surface area contributed by atoms with Gasteiger partial charge in [0.25, 0.3) is 5.91 Å². The van der Waals surface area contributed by atoms with E-state index in [1.807, 2.05) is 18.2 Å². The fourth-order valence-corrected chi connectivity index (χ4v) is 2.97. The van der Waals surface area contributed by atoms with Gasteiger partial charge in [0.1, 0.15) is 6.54 Å². The second-order valence-corrected chi connectivity index (χ2v) is 6.43. The lowest BCUT2D eigenvalue weighted by molar-refractivity contribution is -0.121. The van der Waals surface area contributed by atoms with Crippen LogP contribution in [0.15, 0.2) is 36.7 Å². The number of aliphatic hydroxyl groups excluding tert-OH is 1. The molecule has 138 valence electrons. The van der Waals surface area contributed by atoms with Crippen LogP contribution in [-0.4, -0.2) is 57.8 Å². The largest absolute Gasteiger partial charge is 0.392 e. The number of likely N-dealkylation sites (tertiary alicyclic amines) is 1. The van der Waals surface area contributed by atoms with Crippen LogP contribution in [0.25, 0.3) is 0 Å². The van der Waals surface area contributed by atoms with Crippen LogP contribution < -0.4 is 10.6 Å². The zero-order chi connectivity index (χ0) is 18.5. The van der Waals surface area contributed by atoms with Crippen LogP contribution >= 0.6 is 0 Å². The van der Waals surface area contributed by atoms with E-state index in [9.17, 15) is 14.7 Å². The number of likely N-dealkylation sites (N-methyl/N-ethyl adjacent to an activating group) is 1. The average Bonchev–Trinajstić information content (AvgIpc) is 3.23. The fraction of sp³-hybridized carbons (Fsp3) is 0.389. The van der Waals surface area contributed by atoms with Gasteiger partial charge in [-0.2, -0.15) is 5.10 Å². The van der Waals surface area contributed by atoms with E-state index in [1.165, 1.54) is 10.9 Å². The number of rotatable bonds is 6. The van der Waals surface area contributed by atoms with Crippen LogP contribution in [0.1, 0.15) is 22.3 Å². The smallest absolute Gasteiger partial charge is 0.255 e. The Morgan fingerprint density at radius 1 is 1.38 bits per heavy atom. The third-order valence-electron chi connectivity index (χ3n) is 4.32. The van der Waals surface area contributed by atoms with Crippen molar-refractivity contribution in [2.45, 2.75) is 25.6 Å². The van der Waals surface area contributed by atoms with Crippen molar-refractivity contribution < 1.29 is 14.7 Å². The van der Waals surface area contributed by atoms with Gasteiger partial charge in [-0.25, -0.2) is 0 Å². The standard InChI is InChI=1S/C18H23N5O3/c1-19-17(25)12-23-10-15(8-20-23)21-18(26)14-4-2-3-13(7-14)9-22-6-5-16(24)11-22/h2-4,7-8,10,16,24H,5-6,9,11-12H2,1H3,(H,19,25)(H,21,26)/t16-/m0/s1. The molecule has 3 rings (SSSR count). The molecule has 8 nitrogen and oxygen atoms in total. The Balaban J connectivity index is 1.61. The first-order chi connectivity index (χ1) is 12.5. The molecule has 1 atom stereocenters. The molecular weight excluding hydrogens is 334 g/mol. The number of carbonyl (C=O) groups excluding carboxylic acids is 2. The highest BCUT2D eigenvalue weighted by Gasteiger charge is 2.20. The molecule has 1 fully saturated rings. The minimum atomic E-state index is -0.257. The molecule has 2 amide bonds. The number of nitrogens with one attached hydrogen (secondary N) is 2. The third kappa shape index (κ3) is 4.68. The molecule has 26 heavy (non-hydrogen) atoms. The van der Waals surface area contributed by atoms with Crippen LogP contribution in [0, 0.1) is 0 Å². The van der Waals surface area contributed by atoms with E-state index in [0.717, 1.165) is 18.5 Å². The van der Waals surface area contributed by atoms with Crippen molar-refractivity contribution in [1.82, 2.24) is 20.0 Å². The summed E-state index contributed by atoms with van der Waals surface area (Å²) in [7, 11) is 1.56. The van der Waals surface area contributed by atoms with Crippen LogP contribution in [0.2, 0.25) is 0 Å². The average molecular weight is 357 g/mol. The van der Waals surface area contributed by atoms with Gasteiger partial charge in [-0.15, -0.1) is 0 Å². The van der Waals surface area contributed by atoms with E-state index >= 15 is 0 Å². The van der Waals surface area contributed by atoms with Gasteiger partial charge >= 0.3 is 0 Å². The molecule has 0 radical (unpaired) electrons. The predicted molar refractivity (Wildman–Crippen MR) is 96.6 cm³/mol. The maximum absolute atomic E-state index is 12.5. The molecule has 0 saturated carbocycles. The quantitative estimate of drug-likeness (QED) is 0.697. The number of hydrogen-bond donors (Lipinski definition) is 3. The maximum Gasteiger partial charge on any atom is 0.255 e. The van der Waals surface area contributed by atoms with Crippen molar-refractivity contribution in [2.75, 3.05) is 25.5 Å². The lowest BCUT2D eigenvalue weighted by Gasteiger charge is -2.15. The van der Waals surface area contributed by atoms with E-state index < -0.39 is 0 Å². The molecule has 1 aromatic carbocycles. The van der Waals surface area contributed by atoms with Gasteiger partial charge in [-0.05, 0) is 24.1 Å². The number of β-amino-alcohol motifs (C(OH)–C–C–N with tert-alkyl or cyclic N) is 1. The maximum atomic E-state index is 12.5. The van der Waals surface area contributed by atoms with Crippen LogP contribution in [0.4, 0.5) is 5.69 Å². The molecule has 1 aliphatic rings. The molecule has 2 aromatic rings. The molecule has 1 saturated heterocycles. The summed E-state index contributed by atoms with van der Waals surface area (Å²) in [6.07, 6.45) is 3.66. The summed E-state index contributed by atoms with van der Waals surface area (Å²) >= 11 is 0. The van der Waals surface area contributed by atoms with Gasteiger partial charge in [0.15, 0.2) is 0 Å². The second kappa shape index (κ2) is 8.11. The molecule has 3 N–H and O–H groups in total. The molecule has 0 spiro atoms. The summed E-state index contributed by atoms with van der Waals surface area (Å²) in [6.45, 7) is 2.34. The van der Waals surface area contributed by atoms with Crippen molar-refractivity contribution >= 4 is 17.5 Å². The second-order valence-electron chi connectivity index (χ2n) is 6.43. The number of aromatic nitrogens is 2. The number of benzene rings is 1. The topological polar surface area (TPSA) is 99.5 Å². The van der Waals surface area contributed by atoms with E-state index in [1.54, 1.807) is 19.3 Å². The number of amides is 2. The van der Waals surface area contributed by atoms with E-state index in [-0.39, 0.29) is 24.5 Å². The van der Waals surface area contributed by atoms with Crippen molar-refractivity contribution in [2.24, 2.45) is 0 Å². The summed E-state index contributed by atoms with van der Waals surface area (Å²) in [5, 5.41) is 19.0. The molecule has 8 heteroatoms. The van der Waals surface area contributed by atoms with Gasteiger partial charge in [-0.3, -0.25) is 19.2 Å². The Hall–Kier alpha value is -2.71. The third-order valence-corrected chi connectivity index (χ3v) is 4.32. The van der Waals surface area contributed by atoms with Crippen LogP contribution in [-0.2, 0) is 17.9 Å². The Morgan fingerprint density at radius 3 is 2.96 bits per heavy atom. The van der Waals surface area contributed by atoms with E-state index in [4.69, 9.17) is 0 Å².